The Balaban J connectivity index is 2.65. The zero-order valence-electron chi connectivity index (χ0n) is 13.2. The minimum Gasteiger partial charge on any atom is -0.483 e. The molecule has 0 heterocycles. The highest BCUT2D eigenvalue weighted by Gasteiger charge is 2.17. The van der Waals surface area contributed by atoms with Crippen LogP contribution in [-0.2, 0) is 4.79 Å². The van der Waals surface area contributed by atoms with Crippen molar-refractivity contribution in [1.29, 1.82) is 0 Å². The molecule has 0 fully saturated rings. The van der Waals surface area contributed by atoms with E-state index < -0.39 is 0 Å². The van der Waals surface area contributed by atoms with Crippen LogP contribution in [0.5, 0.6) is 5.75 Å². The summed E-state index contributed by atoms with van der Waals surface area (Å²) in [6.45, 7) is 8.50. The third-order valence-electron chi connectivity index (χ3n) is 3.45. The standard InChI is InChI=1S/C16H24N2O2S/c1-11(2)18(9-8-15(17)21)16(19)10-20-14-7-5-6-12(3)13(14)4/h5-7,11H,8-10H2,1-4H3,(H2,17,21). The SMILES string of the molecule is Cc1cccc(OCC(=O)N(CCC(N)=S)C(C)C)c1C. The summed E-state index contributed by atoms with van der Waals surface area (Å²) in [6.07, 6.45) is 0.530. The predicted octanol–water partition coefficient (Wildman–Crippen LogP) is 2.60. The third-order valence-corrected chi connectivity index (χ3v) is 3.65. The van der Waals surface area contributed by atoms with E-state index in [1.54, 1.807) is 4.90 Å². The van der Waals surface area contributed by atoms with Gasteiger partial charge in [-0.05, 0) is 44.9 Å². The minimum atomic E-state index is -0.0536. The maximum atomic E-state index is 12.3. The predicted molar refractivity (Wildman–Crippen MR) is 89.7 cm³/mol. The molecule has 0 aromatic heterocycles. The van der Waals surface area contributed by atoms with Crippen LogP contribution in [0.15, 0.2) is 18.2 Å². The number of hydrogen-bond donors (Lipinski definition) is 1. The molecule has 0 saturated heterocycles. The highest BCUT2D eigenvalue weighted by molar-refractivity contribution is 7.80. The van der Waals surface area contributed by atoms with Crippen LogP contribution >= 0.6 is 12.2 Å². The number of nitrogens with zero attached hydrogens (tertiary/aromatic N) is 1. The van der Waals surface area contributed by atoms with E-state index in [-0.39, 0.29) is 18.6 Å². The van der Waals surface area contributed by atoms with Gasteiger partial charge in [-0.2, -0.15) is 0 Å². The number of aryl methyl sites for hydroxylation is 1. The summed E-state index contributed by atoms with van der Waals surface area (Å²) in [5, 5.41) is 0. The van der Waals surface area contributed by atoms with Gasteiger partial charge in [0.25, 0.3) is 5.91 Å². The van der Waals surface area contributed by atoms with Gasteiger partial charge in [0.2, 0.25) is 0 Å². The summed E-state index contributed by atoms with van der Waals surface area (Å²) in [5.74, 6) is 0.698. The van der Waals surface area contributed by atoms with Crippen LogP contribution in [0, 0.1) is 13.8 Å². The summed E-state index contributed by atoms with van der Waals surface area (Å²) in [6, 6.07) is 5.92. The Morgan fingerprint density at radius 3 is 2.62 bits per heavy atom. The topological polar surface area (TPSA) is 55.6 Å². The number of ether oxygens (including phenoxy) is 1. The number of nitrogens with two attached hydrogens (primary N) is 1. The van der Waals surface area contributed by atoms with Gasteiger partial charge in [-0.1, -0.05) is 24.4 Å². The maximum absolute atomic E-state index is 12.3. The molecular weight excluding hydrogens is 284 g/mol. The molecule has 1 amide bonds. The minimum absolute atomic E-state index is 0.0276. The quantitative estimate of drug-likeness (QED) is 0.787. The first-order valence-electron chi connectivity index (χ1n) is 7.09. The number of rotatable bonds is 7. The second-order valence-corrected chi connectivity index (χ2v) is 5.91. The lowest BCUT2D eigenvalue weighted by Crippen LogP contribution is -2.41. The number of hydrogen-bond acceptors (Lipinski definition) is 3. The van der Waals surface area contributed by atoms with Crippen LogP contribution in [0.2, 0.25) is 0 Å². The third kappa shape index (κ3) is 5.34. The van der Waals surface area contributed by atoms with Gasteiger partial charge in [0.1, 0.15) is 5.75 Å². The average Bonchev–Trinajstić information content (AvgIpc) is 2.40. The summed E-state index contributed by atoms with van der Waals surface area (Å²) < 4.78 is 5.66. The van der Waals surface area contributed by atoms with Crippen LogP contribution in [-0.4, -0.2) is 35.0 Å². The summed E-state index contributed by atoms with van der Waals surface area (Å²) >= 11 is 4.87. The smallest absolute Gasteiger partial charge is 0.260 e. The van der Waals surface area contributed by atoms with E-state index in [0.717, 1.165) is 16.9 Å². The number of carbonyl (C=O) groups excluding carboxylic acids is 1. The second-order valence-electron chi connectivity index (χ2n) is 5.38. The van der Waals surface area contributed by atoms with Gasteiger partial charge in [-0.15, -0.1) is 0 Å². The molecule has 0 atom stereocenters. The molecule has 2 N–H and O–H groups in total. The van der Waals surface area contributed by atoms with E-state index >= 15 is 0 Å². The number of carbonyl (C=O) groups is 1. The summed E-state index contributed by atoms with van der Waals surface area (Å²) in [4.78, 5) is 14.4. The number of thiocarbonyl (C=S) groups is 1. The largest absolute Gasteiger partial charge is 0.483 e. The van der Waals surface area contributed by atoms with Crippen molar-refractivity contribution in [3.05, 3.63) is 29.3 Å². The highest BCUT2D eigenvalue weighted by atomic mass is 32.1. The van der Waals surface area contributed by atoms with Crippen molar-refractivity contribution >= 4 is 23.1 Å². The first kappa shape index (κ1) is 17.4. The van der Waals surface area contributed by atoms with Crippen LogP contribution < -0.4 is 10.5 Å². The zero-order valence-corrected chi connectivity index (χ0v) is 14.0. The fourth-order valence-corrected chi connectivity index (χ4v) is 2.10. The lowest BCUT2D eigenvalue weighted by Gasteiger charge is -2.26. The Morgan fingerprint density at radius 2 is 2.05 bits per heavy atom. The Bertz CT molecular complexity index is 515. The number of amides is 1. The molecule has 116 valence electrons. The highest BCUT2D eigenvalue weighted by Crippen LogP contribution is 2.20. The van der Waals surface area contributed by atoms with E-state index in [1.807, 2.05) is 45.9 Å². The van der Waals surface area contributed by atoms with Crippen molar-refractivity contribution in [1.82, 2.24) is 4.90 Å². The average molecular weight is 308 g/mol. The maximum Gasteiger partial charge on any atom is 0.260 e. The van der Waals surface area contributed by atoms with Crippen LogP contribution in [0.1, 0.15) is 31.4 Å². The summed E-state index contributed by atoms with van der Waals surface area (Å²) in [7, 11) is 0. The second kappa shape index (κ2) is 7.98. The Labute approximate surface area is 132 Å². The van der Waals surface area contributed by atoms with Crippen LogP contribution in [0.4, 0.5) is 0 Å². The molecular formula is C16H24N2O2S. The monoisotopic (exact) mass is 308 g/mol. The Hall–Kier alpha value is -1.62. The van der Waals surface area contributed by atoms with E-state index in [2.05, 4.69) is 0 Å². The van der Waals surface area contributed by atoms with Crippen LogP contribution in [0.3, 0.4) is 0 Å². The van der Waals surface area contributed by atoms with Crippen LogP contribution in [0.25, 0.3) is 0 Å². The lowest BCUT2D eigenvalue weighted by atomic mass is 10.1. The van der Waals surface area contributed by atoms with E-state index in [0.29, 0.717) is 18.0 Å². The molecule has 0 aliphatic rings. The Morgan fingerprint density at radius 1 is 1.38 bits per heavy atom. The van der Waals surface area contributed by atoms with Crippen molar-refractivity contribution in [3.8, 4) is 5.75 Å². The van der Waals surface area contributed by atoms with E-state index in [1.165, 1.54) is 0 Å². The van der Waals surface area contributed by atoms with E-state index in [9.17, 15) is 4.79 Å². The van der Waals surface area contributed by atoms with Crippen molar-refractivity contribution in [2.45, 2.75) is 40.2 Å². The molecule has 0 bridgehead atoms. The fraction of sp³-hybridized carbons (Fsp3) is 0.500. The molecule has 0 aliphatic heterocycles. The first-order valence-corrected chi connectivity index (χ1v) is 7.50. The van der Waals surface area contributed by atoms with Crippen molar-refractivity contribution in [3.63, 3.8) is 0 Å². The normalized spacial score (nSPS) is 10.5. The molecule has 0 saturated carbocycles. The van der Waals surface area contributed by atoms with E-state index in [4.69, 9.17) is 22.7 Å². The molecule has 21 heavy (non-hydrogen) atoms. The molecule has 0 radical (unpaired) electrons. The molecule has 0 spiro atoms. The fourth-order valence-electron chi connectivity index (χ4n) is 2.00. The van der Waals surface area contributed by atoms with Crippen molar-refractivity contribution in [2.24, 2.45) is 5.73 Å². The summed E-state index contributed by atoms with van der Waals surface area (Å²) in [5.41, 5.74) is 7.71. The van der Waals surface area contributed by atoms with Crippen molar-refractivity contribution in [2.75, 3.05) is 13.2 Å². The molecule has 0 aliphatic carbocycles. The zero-order chi connectivity index (χ0) is 16.0. The van der Waals surface area contributed by atoms with Gasteiger partial charge in [0, 0.05) is 19.0 Å². The molecule has 1 aromatic rings. The van der Waals surface area contributed by atoms with Gasteiger partial charge in [-0.3, -0.25) is 4.79 Å². The van der Waals surface area contributed by atoms with Crippen molar-refractivity contribution < 1.29 is 9.53 Å². The molecule has 1 rings (SSSR count). The van der Waals surface area contributed by atoms with Gasteiger partial charge in [0.15, 0.2) is 6.61 Å². The van der Waals surface area contributed by atoms with Gasteiger partial charge in [0.05, 0.1) is 4.99 Å². The molecule has 4 nitrogen and oxygen atoms in total. The molecule has 0 unspecified atom stereocenters. The first-order chi connectivity index (χ1) is 9.82. The van der Waals surface area contributed by atoms with Gasteiger partial charge in [-0.25, -0.2) is 0 Å². The molecule has 1 aromatic carbocycles. The van der Waals surface area contributed by atoms with Gasteiger partial charge < -0.3 is 15.4 Å². The molecule has 5 heteroatoms. The lowest BCUT2D eigenvalue weighted by molar-refractivity contribution is -0.134. The van der Waals surface area contributed by atoms with Gasteiger partial charge >= 0.3 is 0 Å². The Kier molecular flexibility index (Phi) is 6.62. The number of benzene rings is 1.